The molecule has 0 heterocycles. The van der Waals surface area contributed by atoms with E-state index in [-0.39, 0.29) is 17.5 Å². The van der Waals surface area contributed by atoms with Crippen molar-refractivity contribution in [3.63, 3.8) is 0 Å². The molecule has 0 aliphatic rings. The number of alkyl halides is 1. The number of hydrogen-bond donors (Lipinski definition) is 0. The monoisotopic (exact) mass is 267 g/mol. The summed E-state index contributed by atoms with van der Waals surface area (Å²) in [6.07, 6.45) is 0. The Morgan fingerprint density at radius 3 is 2.22 bits per heavy atom. The van der Waals surface area contributed by atoms with Gasteiger partial charge in [0.1, 0.15) is 11.6 Å². The third-order valence-corrected chi connectivity index (χ3v) is 3.01. The van der Waals surface area contributed by atoms with Crippen molar-refractivity contribution in [3.8, 4) is 0 Å². The Morgan fingerprint density at radius 1 is 0.944 bits per heavy atom. The molecule has 0 fully saturated rings. The molecule has 18 heavy (non-hydrogen) atoms. The molecule has 2 aromatic carbocycles. The highest BCUT2D eigenvalue weighted by Gasteiger charge is 2.07. The number of hydrogen-bond acceptors (Lipinski definition) is 1. The van der Waals surface area contributed by atoms with Crippen LogP contribution >= 0.6 is 11.6 Å². The molecule has 94 valence electrons. The zero-order chi connectivity index (χ0) is 13.1. The molecule has 0 bridgehead atoms. The van der Waals surface area contributed by atoms with Gasteiger partial charge in [-0.2, -0.15) is 0 Å². The Bertz CT molecular complexity index is 540. The van der Waals surface area contributed by atoms with Crippen molar-refractivity contribution < 1.29 is 8.78 Å². The van der Waals surface area contributed by atoms with Gasteiger partial charge in [-0.15, -0.1) is 11.6 Å². The molecule has 1 nitrogen and oxygen atoms in total. The maximum atomic E-state index is 13.4. The molecule has 0 N–H and O–H groups in total. The maximum absolute atomic E-state index is 13.4. The van der Waals surface area contributed by atoms with Crippen LogP contribution in [0.5, 0.6) is 0 Å². The lowest BCUT2D eigenvalue weighted by molar-refractivity contribution is 0.625. The highest BCUT2D eigenvalue weighted by molar-refractivity contribution is 6.17. The van der Waals surface area contributed by atoms with Gasteiger partial charge < -0.3 is 4.90 Å². The summed E-state index contributed by atoms with van der Waals surface area (Å²) < 4.78 is 26.2. The van der Waals surface area contributed by atoms with E-state index in [4.69, 9.17) is 11.6 Å². The van der Waals surface area contributed by atoms with Gasteiger partial charge in [0.25, 0.3) is 0 Å². The molecule has 2 aromatic rings. The minimum absolute atomic E-state index is 0.252. The van der Waals surface area contributed by atoms with Crippen molar-refractivity contribution in [2.45, 2.75) is 5.88 Å². The van der Waals surface area contributed by atoms with Crippen LogP contribution in [-0.4, -0.2) is 7.05 Å². The van der Waals surface area contributed by atoms with E-state index < -0.39 is 0 Å². The standard InChI is InChI=1S/C14H12ClF2N/c1-18(13-4-2-11(16)3-5-13)14-7-10(9-15)6-12(17)8-14/h2-8H,9H2,1H3. The lowest BCUT2D eigenvalue weighted by Crippen LogP contribution is -2.10. The second-order valence-corrected chi connectivity index (χ2v) is 4.25. The van der Waals surface area contributed by atoms with Gasteiger partial charge in [0.05, 0.1) is 0 Å². The molecule has 0 amide bonds. The zero-order valence-corrected chi connectivity index (χ0v) is 10.6. The zero-order valence-electron chi connectivity index (χ0n) is 9.83. The molecule has 0 unspecified atom stereocenters. The van der Waals surface area contributed by atoms with E-state index in [0.29, 0.717) is 11.3 Å². The lowest BCUT2D eigenvalue weighted by atomic mass is 10.2. The van der Waals surface area contributed by atoms with Crippen molar-refractivity contribution in [2.24, 2.45) is 0 Å². The van der Waals surface area contributed by atoms with Crippen molar-refractivity contribution in [2.75, 3.05) is 11.9 Å². The van der Waals surface area contributed by atoms with Gasteiger partial charge >= 0.3 is 0 Å². The molecule has 0 atom stereocenters. The van der Waals surface area contributed by atoms with Gasteiger partial charge in [0.15, 0.2) is 0 Å². The highest BCUT2D eigenvalue weighted by atomic mass is 35.5. The van der Waals surface area contributed by atoms with Gasteiger partial charge in [-0.1, -0.05) is 0 Å². The smallest absolute Gasteiger partial charge is 0.125 e. The quantitative estimate of drug-likeness (QED) is 0.742. The maximum Gasteiger partial charge on any atom is 0.125 e. The SMILES string of the molecule is CN(c1ccc(F)cc1)c1cc(F)cc(CCl)c1. The third kappa shape index (κ3) is 2.79. The van der Waals surface area contributed by atoms with E-state index in [1.165, 1.54) is 24.3 Å². The second-order valence-electron chi connectivity index (χ2n) is 3.99. The molecule has 0 saturated heterocycles. The van der Waals surface area contributed by atoms with E-state index >= 15 is 0 Å². The number of nitrogens with zero attached hydrogens (tertiary/aromatic N) is 1. The largest absolute Gasteiger partial charge is 0.345 e. The molecule has 0 aliphatic heterocycles. The highest BCUT2D eigenvalue weighted by Crippen LogP contribution is 2.26. The molecular formula is C14H12ClF2N. The first-order valence-electron chi connectivity index (χ1n) is 5.45. The van der Waals surface area contributed by atoms with E-state index in [9.17, 15) is 8.78 Å². The van der Waals surface area contributed by atoms with Crippen LogP contribution in [0.15, 0.2) is 42.5 Å². The minimum atomic E-state index is -0.336. The summed E-state index contributed by atoms with van der Waals surface area (Å²) >= 11 is 5.71. The summed E-state index contributed by atoms with van der Waals surface area (Å²) in [4.78, 5) is 1.78. The van der Waals surface area contributed by atoms with Crippen molar-refractivity contribution >= 4 is 23.0 Å². The first-order valence-corrected chi connectivity index (χ1v) is 5.98. The van der Waals surface area contributed by atoms with Crippen LogP contribution in [-0.2, 0) is 5.88 Å². The number of anilines is 2. The molecule has 0 spiro atoms. The van der Waals surface area contributed by atoms with Gasteiger partial charge in [0.2, 0.25) is 0 Å². The van der Waals surface area contributed by atoms with E-state index in [2.05, 4.69) is 0 Å². The van der Waals surface area contributed by atoms with Crippen molar-refractivity contribution in [1.82, 2.24) is 0 Å². The second kappa shape index (κ2) is 5.36. The van der Waals surface area contributed by atoms with Crippen LogP contribution in [0.1, 0.15) is 5.56 Å². The molecular weight excluding hydrogens is 256 g/mol. The summed E-state index contributed by atoms with van der Waals surface area (Å²) in [5.41, 5.74) is 2.17. The Morgan fingerprint density at radius 2 is 1.61 bits per heavy atom. The predicted octanol–water partition coefficient (Wildman–Crippen LogP) is 4.47. The third-order valence-electron chi connectivity index (χ3n) is 2.70. The number of rotatable bonds is 3. The molecule has 4 heteroatoms. The normalized spacial score (nSPS) is 10.4. The van der Waals surface area contributed by atoms with Crippen LogP contribution in [0.4, 0.5) is 20.2 Å². The van der Waals surface area contributed by atoms with E-state index in [1.807, 2.05) is 0 Å². The lowest BCUT2D eigenvalue weighted by Gasteiger charge is -2.20. The van der Waals surface area contributed by atoms with Crippen molar-refractivity contribution in [3.05, 3.63) is 59.7 Å². The summed E-state index contributed by atoms with van der Waals surface area (Å²) in [6, 6.07) is 10.6. The van der Waals surface area contributed by atoms with Crippen LogP contribution in [0.25, 0.3) is 0 Å². The fraction of sp³-hybridized carbons (Fsp3) is 0.143. The fourth-order valence-electron chi connectivity index (χ4n) is 1.72. The van der Waals surface area contributed by atoms with E-state index in [0.717, 1.165) is 5.69 Å². The Hall–Kier alpha value is -1.61. The van der Waals surface area contributed by atoms with Crippen LogP contribution in [0, 0.1) is 11.6 Å². The average molecular weight is 268 g/mol. The van der Waals surface area contributed by atoms with Crippen molar-refractivity contribution in [1.29, 1.82) is 0 Å². The molecule has 0 saturated carbocycles. The van der Waals surface area contributed by atoms with Crippen LogP contribution < -0.4 is 4.90 Å². The predicted molar refractivity (Wildman–Crippen MR) is 70.4 cm³/mol. The van der Waals surface area contributed by atoms with Gasteiger partial charge in [0, 0.05) is 24.3 Å². The van der Waals surface area contributed by atoms with Crippen LogP contribution in [0.2, 0.25) is 0 Å². The topological polar surface area (TPSA) is 3.24 Å². The molecule has 2 rings (SSSR count). The Kier molecular flexibility index (Phi) is 3.82. The van der Waals surface area contributed by atoms with Gasteiger partial charge in [-0.25, -0.2) is 8.78 Å². The number of benzene rings is 2. The number of halogens is 3. The first-order chi connectivity index (χ1) is 8.60. The van der Waals surface area contributed by atoms with Gasteiger partial charge in [-0.05, 0) is 48.0 Å². The van der Waals surface area contributed by atoms with Crippen LogP contribution in [0.3, 0.4) is 0 Å². The first kappa shape index (κ1) is 12.8. The minimum Gasteiger partial charge on any atom is -0.345 e. The Labute approximate surface area is 110 Å². The molecule has 0 radical (unpaired) electrons. The summed E-state index contributed by atoms with van der Waals surface area (Å²) in [6.45, 7) is 0. The van der Waals surface area contributed by atoms with Gasteiger partial charge in [-0.3, -0.25) is 0 Å². The summed E-state index contributed by atoms with van der Waals surface area (Å²) in [5, 5.41) is 0. The molecule has 0 aliphatic carbocycles. The fourth-order valence-corrected chi connectivity index (χ4v) is 1.87. The summed E-state index contributed by atoms with van der Waals surface area (Å²) in [5.74, 6) is -0.382. The average Bonchev–Trinajstić information content (AvgIpc) is 2.38. The van der Waals surface area contributed by atoms with E-state index in [1.54, 1.807) is 30.1 Å². The summed E-state index contributed by atoms with van der Waals surface area (Å²) in [7, 11) is 1.79. The Balaban J connectivity index is 2.35. The molecule has 0 aromatic heterocycles.